The molecular formula is C13H12N2O4S. The largest absolute Gasteiger partial charge is 0.507 e. The lowest BCUT2D eigenvalue weighted by Crippen LogP contribution is -2.21. The Morgan fingerprint density at radius 3 is 2.85 bits per heavy atom. The molecular weight excluding hydrogens is 280 g/mol. The molecule has 0 aliphatic rings. The second-order valence-corrected chi connectivity index (χ2v) is 4.97. The molecule has 7 heteroatoms. The van der Waals surface area contributed by atoms with Gasteiger partial charge in [0.2, 0.25) is 0 Å². The Labute approximate surface area is 118 Å². The van der Waals surface area contributed by atoms with Crippen LogP contribution in [0.3, 0.4) is 0 Å². The van der Waals surface area contributed by atoms with Crippen LogP contribution in [0.2, 0.25) is 0 Å². The zero-order valence-electron chi connectivity index (χ0n) is 10.8. The van der Waals surface area contributed by atoms with Crippen LogP contribution in [-0.4, -0.2) is 16.7 Å². The molecule has 20 heavy (non-hydrogen) atoms. The van der Waals surface area contributed by atoms with Gasteiger partial charge in [0, 0.05) is 6.07 Å². The zero-order valence-corrected chi connectivity index (χ0v) is 11.7. The second kappa shape index (κ2) is 5.70. The minimum Gasteiger partial charge on any atom is -0.507 e. The predicted octanol–water partition coefficient (Wildman–Crippen LogP) is 1.87. The van der Waals surface area contributed by atoms with Gasteiger partial charge in [0.25, 0.3) is 5.91 Å². The van der Waals surface area contributed by atoms with Crippen molar-refractivity contribution in [3.8, 4) is 5.75 Å². The Morgan fingerprint density at radius 2 is 2.25 bits per heavy atom. The van der Waals surface area contributed by atoms with Crippen molar-refractivity contribution in [1.29, 1.82) is 0 Å². The Morgan fingerprint density at radius 1 is 1.50 bits per heavy atom. The number of carbonyl (C=O) groups is 1. The van der Waals surface area contributed by atoms with Crippen molar-refractivity contribution in [2.75, 3.05) is 0 Å². The lowest BCUT2D eigenvalue weighted by atomic mass is 10.2. The van der Waals surface area contributed by atoms with Crippen LogP contribution in [-0.2, 0) is 0 Å². The molecule has 0 aromatic carbocycles. The number of aryl methyl sites for hydroxylation is 1. The third-order valence-corrected chi connectivity index (χ3v) is 3.35. The number of hydrogen-bond acceptors (Lipinski definition) is 6. The van der Waals surface area contributed by atoms with E-state index in [2.05, 4.69) is 10.5 Å². The number of amides is 1. The fourth-order valence-electron chi connectivity index (χ4n) is 1.58. The molecule has 0 aliphatic carbocycles. The van der Waals surface area contributed by atoms with Gasteiger partial charge in [-0.3, -0.25) is 4.79 Å². The molecule has 0 aliphatic heterocycles. The Bertz CT molecular complexity index is 716. The van der Waals surface area contributed by atoms with Crippen LogP contribution < -0.4 is 11.1 Å². The molecule has 104 valence electrons. The molecule has 6 nitrogen and oxygen atoms in total. The van der Waals surface area contributed by atoms with Crippen molar-refractivity contribution in [2.45, 2.75) is 13.8 Å². The molecule has 1 amide bonds. The maximum Gasteiger partial charge on any atom is 0.348 e. The van der Waals surface area contributed by atoms with Crippen molar-refractivity contribution in [3.05, 3.63) is 50.2 Å². The van der Waals surface area contributed by atoms with Gasteiger partial charge in [0.1, 0.15) is 17.1 Å². The van der Waals surface area contributed by atoms with Crippen molar-refractivity contribution in [2.24, 2.45) is 5.10 Å². The summed E-state index contributed by atoms with van der Waals surface area (Å²) in [5, 5.41) is 15.3. The second-order valence-electron chi connectivity index (χ2n) is 4.02. The van der Waals surface area contributed by atoms with Crippen LogP contribution in [0.4, 0.5) is 0 Å². The van der Waals surface area contributed by atoms with E-state index in [0.717, 1.165) is 0 Å². The van der Waals surface area contributed by atoms with E-state index >= 15 is 0 Å². The molecule has 0 spiro atoms. The number of thiophene rings is 1. The molecule has 0 unspecified atom stereocenters. The van der Waals surface area contributed by atoms with Crippen molar-refractivity contribution in [3.63, 3.8) is 0 Å². The Balaban J connectivity index is 2.24. The molecule has 0 saturated heterocycles. The summed E-state index contributed by atoms with van der Waals surface area (Å²) in [5.41, 5.74) is 1.72. The number of rotatable bonds is 3. The predicted molar refractivity (Wildman–Crippen MR) is 75.4 cm³/mol. The van der Waals surface area contributed by atoms with Crippen LogP contribution in [0.1, 0.15) is 27.9 Å². The highest BCUT2D eigenvalue weighted by Gasteiger charge is 2.13. The van der Waals surface area contributed by atoms with E-state index in [1.807, 2.05) is 0 Å². The fraction of sp³-hybridized carbons (Fsp3) is 0.154. The van der Waals surface area contributed by atoms with Gasteiger partial charge in [-0.05, 0) is 25.3 Å². The number of aromatic hydroxyl groups is 1. The van der Waals surface area contributed by atoms with Crippen LogP contribution in [0.15, 0.2) is 37.9 Å². The monoisotopic (exact) mass is 292 g/mol. The average molecular weight is 292 g/mol. The molecule has 0 fully saturated rings. The summed E-state index contributed by atoms with van der Waals surface area (Å²) in [5.74, 6) is -0.313. The van der Waals surface area contributed by atoms with E-state index in [1.165, 1.54) is 24.3 Å². The topological polar surface area (TPSA) is 91.9 Å². The summed E-state index contributed by atoms with van der Waals surface area (Å²) in [4.78, 5) is 23.9. The number of nitrogens with one attached hydrogen (secondary N) is 1. The molecule has 0 radical (unpaired) electrons. The lowest BCUT2D eigenvalue weighted by Gasteiger charge is -2.03. The first kappa shape index (κ1) is 14.0. The third-order valence-electron chi connectivity index (χ3n) is 2.49. The van der Waals surface area contributed by atoms with Crippen LogP contribution in [0.25, 0.3) is 0 Å². The van der Waals surface area contributed by atoms with Gasteiger partial charge in [0.05, 0.1) is 10.6 Å². The summed E-state index contributed by atoms with van der Waals surface area (Å²) in [6.07, 6.45) is 0. The summed E-state index contributed by atoms with van der Waals surface area (Å²) < 4.78 is 4.88. The highest BCUT2D eigenvalue weighted by molar-refractivity contribution is 7.12. The first-order chi connectivity index (χ1) is 9.49. The first-order valence-electron chi connectivity index (χ1n) is 5.71. The number of nitrogens with zero attached hydrogens (tertiary/aromatic N) is 1. The summed E-state index contributed by atoms with van der Waals surface area (Å²) in [7, 11) is 0. The van der Waals surface area contributed by atoms with Gasteiger partial charge < -0.3 is 9.52 Å². The molecule has 2 aromatic rings. The highest BCUT2D eigenvalue weighted by atomic mass is 32.1. The van der Waals surface area contributed by atoms with E-state index in [-0.39, 0.29) is 22.9 Å². The Kier molecular flexibility index (Phi) is 3.99. The van der Waals surface area contributed by atoms with E-state index in [9.17, 15) is 14.7 Å². The van der Waals surface area contributed by atoms with E-state index in [4.69, 9.17) is 4.42 Å². The lowest BCUT2D eigenvalue weighted by molar-refractivity contribution is 0.0959. The number of hydrazone groups is 1. The van der Waals surface area contributed by atoms with Gasteiger partial charge in [-0.15, -0.1) is 11.3 Å². The van der Waals surface area contributed by atoms with Gasteiger partial charge >= 0.3 is 5.63 Å². The normalized spacial score (nSPS) is 11.4. The number of hydrogen-bond donors (Lipinski definition) is 2. The minimum atomic E-state index is -0.700. The number of carbonyl (C=O) groups excluding carboxylic acids is 1. The standard InChI is InChI=1S/C13H12N2O4S/c1-7-6-9(16)11(13(18)19-7)8(2)14-15-12(17)10-4-3-5-20-10/h3-6,16H,1-2H3,(H,15,17)/b14-8+. The van der Waals surface area contributed by atoms with E-state index < -0.39 is 5.63 Å². The van der Waals surface area contributed by atoms with Crippen LogP contribution in [0, 0.1) is 6.92 Å². The van der Waals surface area contributed by atoms with E-state index in [0.29, 0.717) is 10.6 Å². The SMILES string of the molecule is C/C(=N\NC(=O)c1cccs1)c1c(O)cc(C)oc1=O. The molecule has 0 bridgehead atoms. The van der Waals surface area contributed by atoms with Gasteiger partial charge in [0.15, 0.2) is 0 Å². The van der Waals surface area contributed by atoms with Crippen molar-refractivity contribution >= 4 is 23.0 Å². The smallest absolute Gasteiger partial charge is 0.348 e. The van der Waals surface area contributed by atoms with Gasteiger partial charge in [-0.25, -0.2) is 10.2 Å². The highest BCUT2D eigenvalue weighted by Crippen LogP contribution is 2.15. The molecule has 2 aromatic heterocycles. The minimum absolute atomic E-state index is 0.0675. The maximum atomic E-state index is 11.7. The molecule has 2 rings (SSSR count). The van der Waals surface area contributed by atoms with Crippen LogP contribution >= 0.6 is 11.3 Å². The fourth-order valence-corrected chi connectivity index (χ4v) is 2.20. The molecule has 0 saturated carbocycles. The van der Waals surface area contributed by atoms with E-state index in [1.54, 1.807) is 24.4 Å². The van der Waals surface area contributed by atoms with Crippen LogP contribution in [0.5, 0.6) is 5.75 Å². The van der Waals surface area contributed by atoms with Crippen molar-refractivity contribution < 1.29 is 14.3 Å². The maximum absolute atomic E-state index is 11.7. The summed E-state index contributed by atoms with van der Waals surface area (Å²) in [6.45, 7) is 3.05. The molecule has 2 N–H and O–H groups in total. The van der Waals surface area contributed by atoms with Gasteiger partial charge in [-0.2, -0.15) is 5.10 Å². The first-order valence-corrected chi connectivity index (χ1v) is 6.59. The molecule has 2 heterocycles. The quantitative estimate of drug-likeness (QED) is 0.667. The van der Waals surface area contributed by atoms with Crippen molar-refractivity contribution in [1.82, 2.24) is 5.43 Å². The Hall–Kier alpha value is -2.41. The third kappa shape index (κ3) is 2.94. The van der Waals surface area contributed by atoms with Gasteiger partial charge in [-0.1, -0.05) is 6.07 Å². The molecule has 0 atom stereocenters. The average Bonchev–Trinajstić information content (AvgIpc) is 2.88. The summed E-state index contributed by atoms with van der Waals surface area (Å²) in [6, 6.07) is 4.72. The zero-order chi connectivity index (χ0) is 14.7. The summed E-state index contributed by atoms with van der Waals surface area (Å²) >= 11 is 1.28.